The number of rotatable bonds is 7. The fourth-order valence-electron chi connectivity index (χ4n) is 3.35. The number of methoxy groups -OCH3 is 1. The van der Waals surface area contributed by atoms with Gasteiger partial charge in [0.25, 0.3) is 11.5 Å². The lowest BCUT2D eigenvalue weighted by molar-refractivity contribution is -0.109. The molecule has 2 aromatic heterocycles. The van der Waals surface area contributed by atoms with Gasteiger partial charge >= 0.3 is 0 Å². The summed E-state index contributed by atoms with van der Waals surface area (Å²) >= 11 is 0. The topological polar surface area (TPSA) is 136 Å². The molecule has 0 radical (unpaired) electrons. The molecule has 5 N–H and O–H groups in total. The fraction of sp³-hybridized carbons (Fsp3) is 0.500. The molecule has 2 heterocycles. The molecule has 0 aromatic carbocycles. The number of aromatic nitrogens is 3. The molecule has 2 aliphatic carbocycles. The van der Waals surface area contributed by atoms with E-state index in [0.29, 0.717) is 35.5 Å². The molecule has 198 valence electrons. The highest BCUT2D eigenvalue weighted by Gasteiger charge is 2.46. The Morgan fingerprint density at radius 2 is 1.89 bits per heavy atom. The van der Waals surface area contributed by atoms with Crippen LogP contribution in [-0.2, 0) is 9.53 Å². The summed E-state index contributed by atoms with van der Waals surface area (Å²) in [5, 5.41) is 8.12. The number of ether oxygens (including phenoxy) is 1. The molecule has 10 nitrogen and oxygen atoms in total. The van der Waals surface area contributed by atoms with Crippen LogP contribution in [0.4, 0.5) is 26.1 Å². The Morgan fingerprint density at radius 1 is 1.25 bits per heavy atom. The van der Waals surface area contributed by atoms with Crippen molar-refractivity contribution in [3.8, 4) is 0 Å². The number of nitrogens with two attached hydrogens (primary N) is 1. The van der Waals surface area contributed by atoms with Gasteiger partial charge in [-0.05, 0) is 38.3 Å². The van der Waals surface area contributed by atoms with Gasteiger partial charge in [-0.2, -0.15) is 0 Å². The van der Waals surface area contributed by atoms with E-state index in [1.807, 2.05) is 0 Å². The summed E-state index contributed by atoms with van der Waals surface area (Å²) in [6, 6.07) is 4.38. The SMILES string of the molecule is CNC=O.CNc1cc(Nc2cccn(C3CC(F)(F)C3)c2=O)nc(/C(C)=C\N)n1.COC1CCC1. The van der Waals surface area contributed by atoms with Gasteiger partial charge in [0.15, 0.2) is 5.82 Å². The number of carbonyl (C=O) groups is 1. The Kier molecular flexibility index (Phi) is 10.8. The van der Waals surface area contributed by atoms with E-state index in [1.165, 1.54) is 36.2 Å². The second kappa shape index (κ2) is 13.5. The molecule has 2 saturated carbocycles. The lowest BCUT2D eigenvalue weighted by Gasteiger charge is -2.36. The van der Waals surface area contributed by atoms with E-state index < -0.39 is 12.0 Å². The van der Waals surface area contributed by atoms with Crippen molar-refractivity contribution < 1.29 is 18.3 Å². The van der Waals surface area contributed by atoms with Crippen LogP contribution >= 0.6 is 0 Å². The van der Waals surface area contributed by atoms with E-state index in [4.69, 9.17) is 15.3 Å². The summed E-state index contributed by atoms with van der Waals surface area (Å²) < 4.78 is 32.6. The molecular formula is C24H35F2N7O3. The van der Waals surface area contributed by atoms with Gasteiger partial charge < -0.3 is 31.0 Å². The summed E-state index contributed by atoms with van der Waals surface area (Å²) in [5.74, 6) is -1.33. The van der Waals surface area contributed by atoms with Crippen molar-refractivity contribution >= 4 is 29.3 Å². The van der Waals surface area contributed by atoms with E-state index in [2.05, 4.69) is 25.9 Å². The number of allylic oxidation sites excluding steroid dienone is 1. The summed E-state index contributed by atoms with van der Waals surface area (Å²) in [4.78, 5) is 30.3. The fourth-order valence-corrected chi connectivity index (χ4v) is 3.35. The first kappa shape index (κ1) is 28.7. The second-order valence-electron chi connectivity index (χ2n) is 8.43. The minimum Gasteiger partial charge on any atom is -0.404 e. The average Bonchev–Trinajstić information content (AvgIpc) is 2.83. The maximum absolute atomic E-state index is 13.1. The molecule has 0 saturated heterocycles. The van der Waals surface area contributed by atoms with E-state index in [9.17, 15) is 13.6 Å². The summed E-state index contributed by atoms with van der Waals surface area (Å²) in [6.07, 6.45) is 7.47. The number of pyridine rings is 1. The number of halogens is 2. The normalized spacial score (nSPS) is 16.7. The second-order valence-corrected chi connectivity index (χ2v) is 8.43. The highest BCUT2D eigenvalue weighted by Crippen LogP contribution is 2.44. The van der Waals surface area contributed by atoms with Crippen LogP contribution < -0.4 is 27.2 Å². The van der Waals surface area contributed by atoms with Crippen LogP contribution in [0, 0.1) is 0 Å². The van der Waals surface area contributed by atoms with Crippen molar-refractivity contribution in [2.45, 2.75) is 57.1 Å². The van der Waals surface area contributed by atoms with Gasteiger partial charge in [-0.3, -0.25) is 9.59 Å². The predicted octanol–water partition coefficient (Wildman–Crippen LogP) is 3.26. The summed E-state index contributed by atoms with van der Waals surface area (Å²) in [6.45, 7) is 1.77. The summed E-state index contributed by atoms with van der Waals surface area (Å²) in [5.41, 5.74) is 6.08. The number of nitrogens with one attached hydrogen (secondary N) is 3. The van der Waals surface area contributed by atoms with Crippen LogP contribution in [0.15, 0.2) is 35.4 Å². The van der Waals surface area contributed by atoms with Crippen LogP contribution in [0.5, 0.6) is 0 Å². The van der Waals surface area contributed by atoms with Gasteiger partial charge in [0, 0.05) is 64.1 Å². The van der Waals surface area contributed by atoms with Crippen molar-refractivity contribution in [1.29, 1.82) is 0 Å². The number of alkyl halides is 2. The van der Waals surface area contributed by atoms with Crippen molar-refractivity contribution in [2.24, 2.45) is 5.73 Å². The Labute approximate surface area is 209 Å². The first-order valence-corrected chi connectivity index (χ1v) is 11.6. The molecule has 2 aliphatic rings. The quantitative estimate of drug-likeness (QED) is 0.419. The van der Waals surface area contributed by atoms with Crippen molar-refractivity contribution in [1.82, 2.24) is 19.9 Å². The van der Waals surface area contributed by atoms with Crippen molar-refractivity contribution in [3.05, 3.63) is 46.8 Å². The largest absolute Gasteiger partial charge is 0.404 e. The molecule has 36 heavy (non-hydrogen) atoms. The van der Waals surface area contributed by atoms with E-state index in [-0.39, 0.29) is 24.1 Å². The molecule has 0 atom stereocenters. The zero-order valence-corrected chi connectivity index (χ0v) is 21.1. The molecule has 0 aliphatic heterocycles. The molecule has 0 unspecified atom stereocenters. The minimum atomic E-state index is -2.69. The highest BCUT2D eigenvalue weighted by atomic mass is 19.3. The third kappa shape index (κ3) is 8.01. The Morgan fingerprint density at radius 3 is 2.33 bits per heavy atom. The van der Waals surface area contributed by atoms with Gasteiger partial charge in [0.05, 0.1) is 6.10 Å². The number of carbonyl (C=O) groups excluding carboxylic acids is 1. The van der Waals surface area contributed by atoms with Gasteiger partial charge in [-0.25, -0.2) is 18.7 Å². The Bertz CT molecular complexity index is 1080. The molecule has 2 fully saturated rings. The smallest absolute Gasteiger partial charge is 0.274 e. The number of hydrogen-bond acceptors (Lipinski definition) is 8. The number of amides is 1. The van der Waals surface area contributed by atoms with Gasteiger partial charge in [0.2, 0.25) is 6.41 Å². The first-order valence-electron chi connectivity index (χ1n) is 11.6. The third-order valence-electron chi connectivity index (χ3n) is 5.79. The third-order valence-corrected chi connectivity index (χ3v) is 5.79. The number of nitrogens with zero attached hydrogens (tertiary/aromatic N) is 3. The zero-order chi connectivity index (χ0) is 26.7. The van der Waals surface area contributed by atoms with Crippen LogP contribution in [-0.4, -0.2) is 54.2 Å². The molecule has 4 rings (SSSR count). The van der Waals surface area contributed by atoms with Crippen molar-refractivity contribution in [3.63, 3.8) is 0 Å². The predicted molar refractivity (Wildman–Crippen MR) is 136 cm³/mol. The minimum absolute atomic E-state index is 0.254. The Hall–Kier alpha value is -3.54. The molecular weight excluding hydrogens is 472 g/mol. The monoisotopic (exact) mass is 507 g/mol. The highest BCUT2D eigenvalue weighted by molar-refractivity contribution is 5.64. The van der Waals surface area contributed by atoms with Crippen molar-refractivity contribution in [2.75, 3.05) is 31.8 Å². The van der Waals surface area contributed by atoms with Gasteiger partial charge in [-0.15, -0.1) is 0 Å². The maximum atomic E-state index is 13.1. The van der Waals surface area contributed by atoms with Gasteiger partial charge in [0.1, 0.15) is 17.3 Å². The summed E-state index contributed by atoms with van der Waals surface area (Å²) in [7, 11) is 5.06. The lowest BCUT2D eigenvalue weighted by Crippen LogP contribution is -2.41. The van der Waals surface area contributed by atoms with Crippen LogP contribution in [0.25, 0.3) is 5.57 Å². The van der Waals surface area contributed by atoms with Crippen LogP contribution in [0.2, 0.25) is 0 Å². The average molecular weight is 508 g/mol. The van der Waals surface area contributed by atoms with E-state index in [0.717, 1.165) is 0 Å². The number of anilines is 3. The van der Waals surface area contributed by atoms with Crippen LogP contribution in [0.1, 0.15) is 50.9 Å². The molecule has 12 heteroatoms. The molecule has 1 amide bonds. The molecule has 2 aromatic rings. The van der Waals surface area contributed by atoms with Crippen LogP contribution in [0.3, 0.4) is 0 Å². The molecule has 0 spiro atoms. The van der Waals surface area contributed by atoms with Gasteiger partial charge in [-0.1, -0.05) is 0 Å². The number of hydrogen-bond donors (Lipinski definition) is 4. The first-order chi connectivity index (χ1) is 17.2. The lowest BCUT2D eigenvalue weighted by atomic mass is 9.88. The standard InChI is InChI=1S/C17H20F2N6O.C5H10O.C2H5NO/c1-10(9-20)15-23-13(21-2)6-14(24-15)22-12-4-3-5-25(16(12)26)11-7-17(18,19)8-11;1-6-5-3-2-4-5;1-3-2-4/h3-6,9,11H,7-8,20H2,1-2H3,(H2,21,22,23,24);5H,2-4H2,1H3;2H,1H3,(H,3,4)/b10-9-;;. The van der Waals surface area contributed by atoms with E-state index >= 15 is 0 Å². The maximum Gasteiger partial charge on any atom is 0.274 e. The van der Waals surface area contributed by atoms with E-state index in [1.54, 1.807) is 46.3 Å². The Balaban J connectivity index is 0.000000382. The zero-order valence-electron chi connectivity index (χ0n) is 21.1. The molecule has 0 bridgehead atoms.